The van der Waals surface area contributed by atoms with Crippen molar-refractivity contribution in [2.45, 2.75) is 43.6 Å². The number of hydrogen-bond donors (Lipinski definition) is 1. The van der Waals surface area contributed by atoms with Crippen molar-refractivity contribution in [2.75, 3.05) is 11.6 Å². The molecule has 0 amide bonds. The molecule has 3 rings (SSSR count). The molecule has 0 saturated heterocycles. The van der Waals surface area contributed by atoms with Crippen LogP contribution in [0, 0.1) is 0 Å². The highest BCUT2D eigenvalue weighted by Crippen LogP contribution is 2.52. The van der Waals surface area contributed by atoms with Crippen LogP contribution in [0.1, 0.15) is 18.1 Å². The van der Waals surface area contributed by atoms with E-state index >= 15 is 0 Å². The van der Waals surface area contributed by atoms with Gasteiger partial charge in [-0.2, -0.15) is 43.9 Å². The molecule has 0 saturated carbocycles. The second-order valence-corrected chi connectivity index (χ2v) is 8.48. The summed E-state index contributed by atoms with van der Waals surface area (Å²) >= 11 is 0. The molecule has 0 fully saturated rings. The Kier molecular flexibility index (Phi) is 8.82. The standard InChI is InChI=1S/C26H21F10NO3/c1-2-16-6-3-9-19(12-16)39-20-10-5-8-18(14-20)37(15-22(38)24(29,30)31)40-21-11-4-7-17(13-21)23(27,28)25(32,33)26(34,35)36/h3-14,22,38H,2,15H2,1H3. The van der Waals surface area contributed by atoms with Gasteiger partial charge in [0.05, 0.1) is 12.2 Å². The number of alkyl halides is 10. The van der Waals surface area contributed by atoms with Crippen molar-refractivity contribution < 1.29 is 58.6 Å². The van der Waals surface area contributed by atoms with Crippen molar-refractivity contribution in [3.05, 3.63) is 83.9 Å². The van der Waals surface area contributed by atoms with E-state index in [0.717, 1.165) is 11.6 Å². The molecule has 1 unspecified atom stereocenters. The van der Waals surface area contributed by atoms with Gasteiger partial charge in [0, 0.05) is 11.6 Å². The fourth-order valence-corrected chi connectivity index (χ4v) is 3.36. The van der Waals surface area contributed by atoms with Gasteiger partial charge in [0.2, 0.25) is 0 Å². The van der Waals surface area contributed by atoms with Crippen LogP contribution in [-0.2, 0) is 12.3 Å². The summed E-state index contributed by atoms with van der Waals surface area (Å²) < 4.78 is 138. The van der Waals surface area contributed by atoms with Crippen molar-refractivity contribution in [1.29, 1.82) is 0 Å². The molecule has 1 N–H and O–H groups in total. The zero-order valence-corrected chi connectivity index (χ0v) is 20.4. The van der Waals surface area contributed by atoms with Crippen LogP contribution in [0.4, 0.5) is 49.6 Å². The van der Waals surface area contributed by atoms with Gasteiger partial charge in [-0.3, -0.25) is 0 Å². The number of ether oxygens (including phenoxy) is 1. The van der Waals surface area contributed by atoms with Gasteiger partial charge in [-0.05, 0) is 48.4 Å². The molecule has 3 aromatic rings. The predicted molar refractivity (Wildman–Crippen MR) is 124 cm³/mol. The third-order valence-electron chi connectivity index (χ3n) is 5.53. The maximum absolute atomic E-state index is 14.2. The molecule has 218 valence electrons. The van der Waals surface area contributed by atoms with Crippen molar-refractivity contribution >= 4 is 5.69 Å². The SMILES string of the molecule is CCc1cccc(Oc2cccc(N(CC(O)C(F)(F)F)Oc3cccc(C(F)(F)C(F)(F)C(F)(F)F)c3)c2)c1. The number of hydroxylamine groups is 1. The number of halogens is 10. The summed E-state index contributed by atoms with van der Waals surface area (Å²) in [6, 6.07) is 13.9. The Morgan fingerprint density at radius 1 is 0.750 bits per heavy atom. The lowest BCUT2D eigenvalue weighted by Crippen LogP contribution is -2.50. The lowest BCUT2D eigenvalue weighted by Gasteiger charge is -2.30. The van der Waals surface area contributed by atoms with Gasteiger partial charge < -0.3 is 14.7 Å². The zero-order chi connectivity index (χ0) is 29.9. The van der Waals surface area contributed by atoms with E-state index in [1.54, 1.807) is 18.2 Å². The third kappa shape index (κ3) is 6.90. The summed E-state index contributed by atoms with van der Waals surface area (Å²) in [7, 11) is 0. The van der Waals surface area contributed by atoms with Crippen LogP contribution >= 0.6 is 0 Å². The number of aryl methyl sites for hydroxylation is 1. The normalized spacial score (nSPS) is 13.6. The third-order valence-corrected chi connectivity index (χ3v) is 5.53. The van der Waals surface area contributed by atoms with Crippen LogP contribution in [0.5, 0.6) is 17.2 Å². The summed E-state index contributed by atoms with van der Waals surface area (Å²) in [6.07, 6.45) is -14.1. The van der Waals surface area contributed by atoms with Crippen molar-refractivity contribution in [3.8, 4) is 17.2 Å². The molecule has 0 aromatic heterocycles. The van der Waals surface area contributed by atoms with Crippen LogP contribution < -0.4 is 14.6 Å². The number of aliphatic hydroxyl groups is 1. The lowest BCUT2D eigenvalue weighted by atomic mass is 10.0. The first-order valence-electron chi connectivity index (χ1n) is 11.5. The molecule has 4 nitrogen and oxygen atoms in total. The molecule has 0 heterocycles. The van der Waals surface area contributed by atoms with E-state index in [1.165, 1.54) is 24.3 Å². The second-order valence-electron chi connectivity index (χ2n) is 8.48. The first-order chi connectivity index (χ1) is 18.5. The fourth-order valence-electron chi connectivity index (χ4n) is 3.36. The van der Waals surface area contributed by atoms with E-state index in [-0.39, 0.29) is 23.6 Å². The maximum Gasteiger partial charge on any atom is 0.460 e. The summed E-state index contributed by atoms with van der Waals surface area (Å²) in [6.45, 7) is 0.563. The van der Waals surface area contributed by atoms with Gasteiger partial charge in [-0.1, -0.05) is 37.3 Å². The number of hydrogen-bond acceptors (Lipinski definition) is 4. The summed E-state index contributed by atoms with van der Waals surface area (Å²) in [5, 5.41) is 10.0. The average molecular weight is 585 g/mol. The highest BCUT2D eigenvalue weighted by atomic mass is 19.4. The summed E-state index contributed by atoms with van der Waals surface area (Å²) in [5.74, 6) is -12.6. The topological polar surface area (TPSA) is 41.9 Å². The van der Waals surface area contributed by atoms with E-state index in [9.17, 15) is 49.0 Å². The molecule has 0 spiro atoms. The minimum Gasteiger partial charge on any atom is -0.457 e. The van der Waals surface area contributed by atoms with E-state index in [0.29, 0.717) is 23.3 Å². The number of nitrogens with zero attached hydrogens (tertiary/aromatic N) is 1. The highest BCUT2D eigenvalue weighted by Gasteiger charge is 2.73. The zero-order valence-electron chi connectivity index (χ0n) is 20.4. The van der Waals surface area contributed by atoms with Gasteiger partial charge in [-0.15, -0.1) is 0 Å². The summed E-state index contributed by atoms with van der Waals surface area (Å²) in [5.41, 5.74) is -1.10. The molecule has 14 heteroatoms. The average Bonchev–Trinajstić information content (AvgIpc) is 2.87. The Bertz CT molecular complexity index is 1290. The highest BCUT2D eigenvalue weighted by molar-refractivity contribution is 5.51. The van der Waals surface area contributed by atoms with Gasteiger partial charge in [0.15, 0.2) is 11.9 Å². The molecule has 0 aliphatic rings. The quantitative estimate of drug-likeness (QED) is 0.193. The van der Waals surface area contributed by atoms with Crippen LogP contribution in [-0.4, -0.2) is 36.0 Å². The molecule has 1 atom stereocenters. The largest absolute Gasteiger partial charge is 0.460 e. The smallest absolute Gasteiger partial charge is 0.457 e. The van der Waals surface area contributed by atoms with Crippen molar-refractivity contribution in [2.24, 2.45) is 0 Å². The number of aliphatic hydroxyl groups excluding tert-OH is 1. The van der Waals surface area contributed by atoms with Gasteiger partial charge in [0.25, 0.3) is 0 Å². The van der Waals surface area contributed by atoms with E-state index < -0.39 is 48.2 Å². The second kappa shape index (κ2) is 11.4. The van der Waals surface area contributed by atoms with Gasteiger partial charge >= 0.3 is 24.2 Å². The fraction of sp³-hybridized carbons (Fsp3) is 0.308. The molecule has 0 radical (unpaired) electrons. The van der Waals surface area contributed by atoms with Gasteiger partial charge in [0.1, 0.15) is 11.5 Å². The molecular weight excluding hydrogens is 564 g/mol. The van der Waals surface area contributed by atoms with Crippen molar-refractivity contribution in [1.82, 2.24) is 0 Å². The van der Waals surface area contributed by atoms with Crippen LogP contribution in [0.25, 0.3) is 0 Å². The Morgan fingerprint density at radius 2 is 1.32 bits per heavy atom. The van der Waals surface area contributed by atoms with Crippen LogP contribution in [0.15, 0.2) is 72.8 Å². The Morgan fingerprint density at radius 3 is 1.93 bits per heavy atom. The van der Waals surface area contributed by atoms with Gasteiger partial charge in [-0.25, -0.2) is 5.06 Å². The Balaban J connectivity index is 1.96. The van der Waals surface area contributed by atoms with E-state index in [4.69, 9.17) is 9.57 Å². The van der Waals surface area contributed by atoms with Crippen LogP contribution in [0.2, 0.25) is 0 Å². The number of anilines is 1. The Hall–Kier alpha value is -3.68. The molecule has 40 heavy (non-hydrogen) atoms. The van der Waals surface area contributed by atoms with E-state index in [2.05, 4.69) is 0 Å². The molecular formula is C26H21F10NO3. The molecule has 0 aliphatic carbocycles. The maximum atomic E-state index is 14.2. The lowest BCUT2D eigenvalue weighted by molar-refractivity contribution is -0.359. The number of rotatable bonds is 10. The number of benzene rings is 3. The Labute approximate surface area is 221 Å². The predicted octanol–water partition coefficient (Wildman–Crippen LogP) is 8.05. The molecule has 0 aliphatic heterocycles. The molecule has 0 bridgehead atoms. The monoisotopic (exact) mass is 585 g/mol. The van der Waals surface area contributed by atoms with Crippen molar-refractivity contribution in [3.63, 3.8) is 0 Å². The first kappa shape index (κ1) is 30.9. The first-order valence-corrected chi connectivity index (χ1v) is 11.5. The van der Waals surface area contributed by atoms with E-state index in [1.807, 2.05) is 13.0 Å². The van der Waals surface area contributed by atoms with Crippen LogP contribution in [0.3, 0.4) is 0 Å². The molecule has 3 aromatic carbocycles. The summed E-state index contributed by atoms with van der Waals surface area (Å²) in [4.78, 5) is 5.20. The minimum absolute atomic E-state index is 0.0888. The minimum atomic E-state index is -6.60.